The first-order valence-corrected chi connectivity index (χ1v) is 40.4. The van der Waals surface area contributed by atoms with E-state index in [0.29, 0.717) is 25.7 Å². The summed E-state index contributed by atoms with van der Waals surface area (Å²) in [6.07, 6.45) is 77.7. The molecular formula is C79H132O17P2. The van der Waals surface area contributed by atoms with E-state index in [4.69, 9.17) is 37.0 Å². The summed E-state index contributed by atoms with van der Waals surface area (Å²) in [5.41, 5.74) is 0. The fourth-order valence-electron chi connectivity index (χ4n) is 9.44. The van der Waals surface area contributed by atoms with Crippen LogP contribution in [0.15, 0.2) is 134 Å². The molecule has 560 valence electrons. The summed E-state index contributed by atoms with van der Waals surface area (Å²) in [6.45, 7) is 4.42. The number of ether oxygens (including phenoxy) is 4. The van der Waals surface area contributed by atoms with Gasteiger partial charge in [-0.25, -0.2) is 9.13 Å². The third-order valence-corrected chi connectivity index (χ3v) is 17.0. The molecule has 0 aromatic carbocycles. The van der Waals surface area contributed by atoms with Crippen LogP contribution in [0.4, 0.5) is 0 Å². The Labute approximate surface area is 593 Å². The smallest absolute Gasteiger partial charge is 0.462 e. The van der Waals surface area contributed by atoms with Gasteiger partial charge in [-0.15, -0.1) is 0 Å². The van der Waals surface area contributed by atoms with Crippen LogP contribution in [0, 0.1) is 0 Å². The summed E-state index contributed by atoms with van der Waals surface area (Å²) in [5, 5.41) is 10.6. The summed E-state index contributed by atoms with van der Waals surface area (Å²) in [5.74, 6) is -2.37. The van der Waals surface area contributed by atoms with E-state index in [9.17, 15) is 43.2 Å². The Balaban J connectivity index is 5.43. The van der Waals surface area contributed by atoms with E-state index in [1.807, 2.05) is 12.2 Å². The SMILES string of the molecule is CC/C=C\C/C=C\C/C=C\C/C=C\C/C=C\CC(=O)OC(COC(=O)CCCCCC/C=C\C/C=C\C/C=C\C/C=C\CC)COP(=O)(O)OCC(O)COP(=O)(O)OCC(COC(=O)CCCCCCC/C=C\CCCCCCCC)OC(=O)CCCCCCC/C=C\CCCC. The Morgan fingerprint density at radius 2 is 0.582 bits per heavy atom. The van der Waals surface area contributed by atoms with E-state index in [-0.39, 0.29) is 25.7 Å². The highest BCUT2D eigenvalue weighted by Crippen LogP contribution is 2.45. The predicted octanol–water partition coefficient (Wildman–Crippen LogP) is 21.3. The van der Waals surface area contributed by atoms with Gasteiger partial charge in [0.2, 0.25) is 0 Å². The van der Waals surface area contributed by atoms with Crippen molar-refractivity contribution in [2.24, 2.45) is 0 Å². The van der Waals surface area contributed by atoms with E-state index in [0.717, 1.165) is 154 Å². The van der Waals surface area contributed by atoms with Crippen LogP contribution in [0.5, 0.6) is 0 Å². The minimum Gasteiger partial charge on any atom is -0.462 e. The van der Waals surface area contributed by atoms with Crippen molar-refractivity contribution >= 4 is 39.5 Å². The Bertz CT molecular complexity index is 2380. The number of rotatable bonds is 69. The summed E-state index contributed by atoms with van der Waals surface area (Å²) in [4.78, 5) is 72.7. The third kappa shape index (κ3) is 69.7. The topological polar surface area (TPSA) is 237 Å². The lowest BCUT2D eigenvalue weighted by molar-refractivity contribution is -0.161. The van der Waals surface area contributed by atoms with Crippen molar-refractivity contribution in [3.63, 3.8) is 0 Å². The highest BCUT2D eigenvalue weighted by Gasteiger charge is 2.30. The lowest BCUT2D eigenvalue weighted by Crippen LogP contribution is -2.30. The molecule has 0 spiro atoms. The monoisotopic (exact) mass is 1410 g/mol. The molecule has 5 unspecified atom stereocenters. The van der Waals surface area contributed by atoms with Crippen molar-refractivity contribution in [2.75, 3.05) is 39.6 Å². The van der Waals surface area contributed by atoms with Crippen molar-refractivity contribution in [1.82, 2.24) is 0 Å². The molecule has 3 N–H and O–H groups in total. The molecule has 0 bridgehead atoms. The van der Waals surface area contributed by atoms with E-state index in [1.165, 1.54) is 51.4 Å². The van der Waals surface area contributed by atoms with Crippen LogP contribution in [0.2, 0.25) is 0 Å². The number of aliphatic hydroxyl groups excluding tert-OH is 1. The predicted molar refractivity (Wildman–Crippen MR) is 399 cm³/mol. The number of aliphatic hydroxyl groups is 1. The maximum Gasteiger partial charge on any atom is 0.472 e. The molecule has 0 heterocycles. The van der Waals surface area contributed by atoms with Crippen molar-refractivity contribution in [3.05, 3.63) is 134 Å². The highest BCUT2D eigenvalue weighted by molar-refractivity contribution is 7.47. The van der Waals surface area contributed by atoms with Crippen LogP contribution in [0.25, 0.3) is 0 Å². The highest BCUT2D eigenvalue weighted by atomic mass is 31.2. The average Bonchev–Trinajstić information content (AvgIpc) is 0.980. The Kier molecular flexibility index (Phi) is 67.2. The number of carbonyl (C=O) groups excluding carboxylic acids is 4. The van der Waals surface area contributed by atoms with Gasteiger partial charge in [0.1, 0.15) is 19.3 Å². The van der Waals surface area contributed by atoms with Crippen LogP contribution in [-0.2, 0) is 65.4 Å². The molecule has 0 aromatic heterocycles. The second kappa shape index (κ2) is 70.6. The molecule has 0 amide bonds. The molecule has 0 rings (SSSR count). The number of allylic oxidation sites excluding steroid dienone is 21. The number of hydrogen-bond donors (Lipinski definition) is 3. The lowest BCUT2D eigenvalue weighted by atomic mass is 10.1. The first-order valence-electron chi connectivity index (χ1n) is 37.4. The fraction of sp³-hybridized carbons (Fsp3) is 0.671. The van der Waals surface area contributed by atoms with Crippen LogP contribution in [-0.4, -0.2) is 96.7 Å². The van der Waals surface area contributed by atoms with Crippen LogP contribution in [0.1, 0.15) is 285 Å². The molecule has 5 atom stereocenters. The largest absolute Gasteiger partial charge is 0.472 e. The Morgan fingerprint density at radius 1 is 0.306 bits per heavy atom. The summed E-state index contributed by atoms with van der Waals surface area (Å²) < 4.78 is 68.2. The zero-order valence-corrected chi connectivity index (χ0v) is 62.7. The zero-order chi connectivity index (χ0) is 71.8. The van der Waals surface area contributed by atoms with Crippen molar-refractivity contribution in [2.45, 2.75) is 303 Å². The summed E-state index contributed by atoms with van der Waals surface area (Å²) in [7, 11) is -9.99. The minimum atomic E-state index is -5.01. The molecule has 0 saturated carbocycles. The molecule has 19 heteroatoms. The average molecular weight is 1420 g/mol. The quantitative estimate of drug-likeness (QED) is 0.0169. The van der Waals surface area contributed by atoms with Gasteiger partial charge in [-0.1, -0.05) is 258 Å². The van der Waals surface area contributed by atoms with E-state index < -0.39 is 97.5 Å². The maximum absolute atomic E-state index is 13.1. The minimum absolute atomic E-state index is 0.0779. The first-order chi connectivity index (χ1) is 47.7. The summed E-state index contributed by atoms with van der Waals surface area (Å²) >= 11 is 0. The van der Waals surface area contributed by atoms with Gasteiger partial charge in [0.05, 0.1) is 32.8 Å². The molecule has 0 fully saturated rings. The van der Waals surface area contributed by atoms with Gasteiger partial charge in [0.25, 0.3) is 0 Å². The molecule has 0 radical (unpaired) electrons. The maximum atomic E-state index is 13.1. The van der Waals surface area contributed by atoms with Gasteiger partial charge in [0, 0.05) is 19.3 Å². The van der Waals surface area contributed by atoms with Crippen LogP contribution < -0.4 is 0 Å². The van der Waals surface area contributed by atoms with E-state index in [2.05, 4.69) is 137 Å². The van der Waals surface area contributed by atoms with Crippen molar-refractivity contribution in [3.8, 4) is 0 Å². The molecule has 0 aliphatic rings. The van der Waals surface area contributed by atoms with Crippen molar-refractivity contribution < 1.29 is 80.2 Å². The fourth-order valence-corrected chi connectivity index (χ4v) is 11.0. The molecule has 17 nitrogen and oxygen atoms in total. The number of esters is 4. The van der Waals surface area contributed by atoms with Gasteiger partial charge in [-0.3, -0.25) is 37.3 Å². The van der Waals surface area contributed by atoms with Gasteiger partial charge in [-0.2, -0.15) is 0 Å². The number of hydrogen-bond acceptors (Lipinski definition) is 15. The standard InChI is InChI=1S/C79H132O17P2/c1-5-9-13-17-21-25-29-32-35-36-39-41-45-48-52-56-60-64-77(82)90-70-75(96-79(84)66-62-58-54-50-46-42-38-34-31-27-23-19-15-11-7-3)72-94-98(87,88)92-68-73(80)67-91-97(85,86)93-71-74(95-78(83)65-61-57-53-49-43-28-24-20-16-12-8-4)69-89-76(81)63-59-55-51-47-44-40-37-33-30-26-22-18-14-10-6-2/h9,11,13,15,20-21,23-25,27,32-35,37-39,41,46,50,58,62,73-75,80H,5-8,10,12,14,16-19,22,26,28-31,36,40,42-45,47-49,51-57,59-61,63-72H2,1-4H3,(H,85,86)(H,87,88)/b13-9-,15-11-,24-20-,25-21-,27-23-,35-32-,37-33-,38-34-,41-39-,50-46-,62-58-. The Hall–Kier alpha value is -4.80. The van der Waals surface area contributed by atoms with Gasteiger partial charge < -0.3 is 33.8 Å². The lowest BCUT2D eigenvalue weighted by Gasteiger charge is -2.21. The third-order valence-electron chi connectivity index (χ3n) is 15.1. The van der Waals surface area contributed by atoms with E-state index in [1.54, 1.807) is 12.2 Å². The van der Waals surface area contributed by atoms with Gasteiger partial charge >= 0.3 is 39.5 Å². The second-order valence-electron chi connectivity index (χ2n) is 24.5. The molecule has 0 aliphatic heterocycles. The number of phosphoric acid groups is 2. The van der Waals surface area contributed by atoms with Crippen molar-refractivity contribution in [1.29, 1.82) is 0 Å². The zero-order valence-electron chi connectivity index (χ0n) is 60.9. The molecule has 0 aliphatic carbocycles. The summed E-state index contributed by atoms with van der Waals surface area (Å²) in [6, 6.07) is 0. The van der Waals surface area contributed by atoms with Crippen LogP contribution >= 0.6 is 15.6 Å². The van der Waals surface area contributed by atoms with Crippen LogP contribution in [0.3, 0.4) is 0 Å². The Morgan fingerprint density at radius 3 is 0.949 bits per heavy atom. The van der Waals surface area contributed by atoms with Gasteiger partial charge in [0.15, 0.2) is 12.2 Å². The molecule has 98 heavy (non-hydrogen) atoms. The number of phosphoric ester groups is 2. The van der Waals surface area contributed by atoms with Gasteiger partial charge in [-0.05, 0) is 135 Å². The molecule has 0 aromatic rings. The molecule has 0 saturated heterocycles. The second-order valence-corrected chi connectivity index (χ2v) is 27.4. The van der Waals surface area contributed by atoms with E-state index >= 15 is 0 Å². The first kappa shape index (κ1) is 93.2. The molecular weight excluding hydrogens is 1280 g/mol. The number of carbonyl (C=O) groups is 4. The number of unbranched alkanes of at least 4 members (excludes halogenated alkanes) is 22. The normalized spacial score (nSPS) is 14.7.